The van der Waals surface area contributed by atoms with Crippen molar-refractivity contribution < 1.29 is 0 Å². The summed E-state index contributed by atoms with van der Waals surface area (Å²) in [6.45, 7) is 5.68. The molecule has 0 bridgehead atoms. The van der Waals surface area contributed by atoms with Gasteiger partial charge in [0.1, 0.15) is 17.5 Å². The van der Waals surface area contributed by atoms with Gasteiger partial charge in [0.15, 0.2) is 0 Å². The highest BCUT2D eigenvalue weighted by Crippen LogP contribution is 2.19. The second-order valence-corrected chi connectivity index (χ2v) is 4.39. The molecule has 6 heteroatoms. The maximum absolute atomic E-state index is 4.43. The topological polar surface area (TPSA) is 67.7 Å². The van der Waals surface area contributed by atoms with E-state index in [-0.39, 0.29) is 0 Å². The zero-order chi connectivity index (χ0) is 13.7. The third kappa shape index (κ3) is 3.43. The third-order valence-electron chi connectivity index (χ3n) is 2.91. The van der Waals surface area contributed by atoms with Gasteiger partial charge in [0, 0.05) is 38.1 Å². The van der Waals surface area contributed by atoms with Gasteiger partial charge in [-0.3, -0.25) is 4.68 Å². The average molecular weight is 260 g/mol. The quantitative estimate of drug-likeness (QED) is 0.776. The van der Waals surface area contributed by atoms with Crippen LogP contribution in [0.5, 0.6) is 0 Å². The molecule has 19 heavy (non-hydrogen) atoms. The molecule has 0 saturated carbocycles. The van der Waals surface area contributed by atoms with Crippen molar-refractivity contribution in [3.63, 3.8) is 0 Å². The van der Waals surface area contributed by atoms with Crippen LogP contribution in [0.15, 0.2) is 18.5 Å². The van der Waals surface area contributed by atoms with Crippen molar-refractivity contribution in [3.8, 4) is 0 Å². The first kappa shape index (κ1) is 13.3. The van der Waals surface area contributed by atoms with Gasteiger partial charge in [0.25, 0.3) is 0 Å². The minimum absolute atomic E-state index is 0.768. The highest BCUT2D eigenvalue weighted by atomic mass is 15.3. The van der Waals surface area contributed by atoms with Gasteiger partial charge in [-0.15, -0.1) is 0 Å². The van der Waals surface area contributed by atoms with Crippen molar-refractivity contribution in [3.05, 3.63) is 29.8 Å². The third-order valence-corrected chi connectivity index (χ3v) is 2.91. The van der Waals surface area contributed by atoms with Crippen LogP contribution in [0.1, 0.15) is 17.8 Å². The molecule has 0 atom stereocenters. The molecule has 2 N–H and O–H groups in total. The molecule has 0 aliphatic carbocycles. The van der Waals surface area contributed by atoms with Crippen LogP contribution in [-0.4, -0.2) is 33.3 Å². The molecule has 0 radical (unpaired) electrons. The number of nitrogens with zero attached hydrogens (tertiary/aromatic N) is 4. The first-order valence-corrected chi connectivity index (χ1v) is 6.45. The molecule has 0 saturated heterocycles. The van der Waals surface area contributed by atoms with E-state index in [0.717, 1.165) is 42.5 Å². The van der Waals surface area contributed by atoms with Gasteiger partial charge in [-0.2, -0.15) is 5.10 Å². The Balaban J connectivity index is 1.90. The van der Waals surface area contributed by atoms with Crippen molar-refractivity contribution in [2.75, 3.05) is 24.2 Å². The monoisotopic (exact) mass is 260 g/mol. The molecule has 2 heterocycles. The van der Waals surface area contributed by atoms with Crippen LogP contribution < -0.4 is 10.6 Å². The lowest BCUT2D eigenvalue weighted by atomic mass is 10.3. The van der Waals surface area contributed by atoms with Gasteiger partial charge in [-0.25, -0.2) is 9.97 Å². The van der Waals surface area contributed by atoms with Gasteiger partial charge < -0.3 is 10.6 Å². The van der Waals surface area contributed by atoms with E-state index in [1.807, 2.05) is 37.8 Å². The second kappa shape index (κ2) is 6.17. The molecule has 0 amide bonds. The number of rotatable bonds is 6. The SMILES string of the molecule is CNc1nc(C)nc(NCCCn2cccn2)c1C. The molecule has 6 nitrogen and oxygen atoms in total. The molecule has 102 valence electrons. The van der Waals surface area contributed by atoms with Crippen LogP contribution in [0.25, 0.3) is 0 Å². The van der Waals surface area contributed by atoms with E-state index in [2.05, 4.69) is 25.7 Å². The predicted molar refractivity (Wildman–Crippen MR) is 76.4 cm³/mol. The molecule has 0 spiro atoms. The fourth-order valence-electron chi connectivity index (χ4n) is 1.92. The molecule has 0 aliphatic rings. The van der Waals surface area contributed by atoms with Gasteiger partial charge in [0.05, 0.1) is 0 Å². The normalized spacial score (nSPS) is 10.5. The number of nitrogens with one attached hydrogen (secondary N) is 2. The van der Waals surface area contributed by atoms with Gasteiger partial charge in [-0.05, 0) is 26.3 Å². The van der Waals surface area contributed by atoms with Crippen molar-refractivity contribution in [2.45, 2.75) is 26.8 Å². The molecular formula is C13H20N6. The number of hydrogen-bond donors (Lipinski definition) is 2. The van der Waals surface area contributed by atoms with Crippen LogP contribution in [0.4, 0.5) is 11.6 Å². The summed E-state index contributed by atoms with van der Waals surface area (Å²) in [5, 5.41) is 10.6. The lowest BCUT2D eigenvalue weighted by Gasteiger charge is -2.12. The largest absolute Gasteiger partial charge is 0.373 e. The van der Waals surface area contributed by atoms with E-state index >= 15 is 0 Å². The molecular weight excluding hydrogens is 240 g/mol. The fraction of sp³-hybridized carbons (Fsp3) is 0.462. The maximum Gasteiger partial charge on any atom is 0.134 e. The van der Waals surface area contributed by atoms with Crippen LogP contribution in [-0.2, 0) is 6.54 Å². The highest BCUT2D eigenvalue weighted by Gasteiger charge is 2.07. The standard InChI is InChI=1S/C13H20N6/c1-10-12(14-3)17-11(2)18-13(10)15-6-4-8-19-9-5-7-16-19/h5,7,9H,4,6,8H2,1-3H3,(H2,14,15,17,18). The van der Waals surface area contributed by atoms with E-state index in [1.165, 1.54) is 0 Å². The summed E-state index contributed by atoms with van der Waals surface area (Å²) in [5.74, 6) is 2.55. The summed E-state index contributed by atoms with van der Waals surface area (Å²) < 4.78 is 1.93. The van der Waals surface area contributed by atoms with Crippen molar-refractivity contribution in [1.29, 1.82) is 0 Å². The van der Waals surface area contributed by atoms with E-state index < -0.39 is 0 Å². The Hall–Kier alpha value is -2.11. The predicted octanol–water partition coefficient (Wildman–Crippen LogP) is 1.83. The molecule has 2 aromatic rings. The Kier molecular flexibility index (Phi) is 4.33. The van der Waals surface area contributed by atoms with Crippen LogP contribution >= 0.6 is 0 Å². The maximum atomic E-state index is 4.43. The van der Waals surface area contributed by atoms with Gasteiger partial charge >= 0.3 is 0 Å². The Labute approximate surface area is 113 Å². The van der Waals surface area contributed by atoms with Crippen molar-refractivity contribution in [1.82, 2.24) is 19.7 Å². The molecule has 0 aliphatic heterocycles. The zero-order valence-corrected chi connectivity index (χ0v) is 11.6. The Bertz CT molecular complexity index is 520. The second-order valence-electron chi connectivity index (χ2n) is 4.39. The lowest BCUT2D eigenvalue weighted by molar-refractivity contribution is 0.591. The van der Waals surface area contributed by atoms with E-state index in [4.69, 9.17) is 0 Å². The summed E-state index contributed by atoms with van der Waals surface area (Å²) in [7, 11) is 1.87. The summed E-state index contributed by atoms with van der Waals surface area (Å²) in [6.07, 6.45) is 4.77. The minimum Gasteiger partial charge on any atom is -0.373 e. The summed E-state index contributed by atoms with van der Waals surface area (Å²) in [6, 6.07) is 1.94. The van der Waals surface area contributed by atoms with Crippen LogP contribution in [0, 0.1) is 13.8 Å². The first-order valence-electron chi connectivity index (χ1n) is 6.45. The number of anilines is 2. The molecule has 0 unspecified atom stereocenters. The van der Waals surface area contributed by atoms with E-state index in [0.29, 0.717) is 0 Å². The molecule has 0 fully saturated rings. The Morgan fingerprint density at radius 2 is 2.00 bits per heavy atom. The zero-order valence-electron chi connectivity index (χ0n) is 11.6. The van der Waals surface area contributed by atoms with Crippen LogP contribution in [0.3, 0.4) is 0 Å². The van der Waals surface area contributed by atoms with Crippen molar-refractivity contribution >= 4 is 11.6 Å². The Morgan fingerprint density at radius 1 is 1.21 bits per heavy atom. The average Bonchev–Trinajstić information content (AvgIpc) is 2.91. The Morgan fingerprint density at radius 3 is 2.68 bits per heavy atom. The van der Waals surface area contributed by atoms with E-state index in [1.54, 1.807) is 6.20 Å². The lowest BCUT2D eigenvalue weighted by Crippen LogP contribution is -2.11. The molecule has 2 rings (SSSR count). The smallest absolute Gasteiger partial charge is 0.134 e. The summed E-state index contributed by atoms with van der Waals surface area (Å²) in [5.41, 5.74) is 1.05. The first-order chi connectivity index (χ1) is 9.20. The van der Waals surface area contributed by atoms with Gasteiger partial charge in [-0.1, -0.05) is 0 Å². The number of aromatic nitrogens is 4. The molecule has 2 aromatic heterocycles. The summed E-state index contributed by atoms with van der Waals surface area (Å²) >= 11 is 0. The van der Waals surface area contributed by atoms with Crippen molar-refractivity contribution in [2.24, 2.45) is 0 Å². The number of hydrogen-bond acceptors (Lipinski definition) is 5. The number of aryl methyl sites for hydroxylation is 2. The molecule has 0 aromatic carbocycles. The van der Waals surface area contributed by atoms with E-state index in [9.17, 15) is 0 Å². The highest BCUT2D eigenvalue weighted by molar-refractivity contribution is 5.56. The van der Waals surface area contributed by atoms with Crippen LogP contribution in [0.2, 0.25) is 0 Å². The summed E-state index contributed by atoms with van der Waals surface area (Å²) in [4.78, 5) is 8.78. The minimum atomic E-state index is 0.768. The fourth-order valence-corrected chi connectivity index (χ4v) is 1.92. The van der Waals surface area contributed by atoms with Gasteiger partial charge in [0.2, 0.25) is 0 Å².